The van der Waals surface area contributed by atoms with Gasteiger partial charge in [0.15, 0.2) is 0 Å². The standard InChI is InChI=1S/C37H50N4O2/c1-39-21-16-28-27-14-12-15-31(42)32(27)38-33(28)34(39)29-24-37(43)18-9-5-2-3-6-10-19-40-22-17-30(29)36(25-40)23-26-13-8-4-7-11-20-41(26)35(36)37/h2,5,8,12-15,24,26,30,34-35,38,42-43H,3-4,6-7,9-11,16-23,25H2,1H3/b5-2-,13-8?/t26-,30-,34+,35+,36-,37-/m0/s1. The molecule has 6 heteroatoms. The summed E-state index contributed by atoms with van der Waals surface area (Å²) >= 11 is 0. The number of nitrogens with one attached hydrogen (secondary N) is 1. The first-order valence-corrected chi connectivity index (χ1v) is 17.3. The van der Waals surface area contributed by atoms with Gasteiger partial charge in [-0.15, -0.1) is 0 Å². The lowest BCUT2D eigenvalue weighted by Crippen LogP contribution is -2.66. The molecule has 8 rings (SSSR count). The van der Waals surface area contributed by atoms with Gasteiger partial charge in [-0.05, 0) is 120 Å². The first-order chi connectivity index (χ1) is 21.0. The number of aromatic nitrogens is 1. The summed E-state index contributed by atoms with van der Waals surface area (Å²) in [5.41, 5.74) is 4.01. The van der Waals surface area contributed by atoms with Crippen LogP contribution in [0.25, 0.3) is 10.9 Å². The molecule has 230 valence electrons. The average Bonchev–Trinajstić information content (AvgIpc) is 3.50. The number of aromatic hydroxyl groups is 1. The minimum absolute atomic E-state index is 0.0147. The normalized spacial score (nSPS) is 39.4. The highest BCUT2D eigenvalue weighted by molar-refractivity contribution is 5.90. The number of fused-ring (bicyclic) bond motifs is 5. The third-order valence-corrected chi connectivity index (χ3v) is 12.2. The van der Waals surface area contributed by atoms with Crippen LogP contribution in [-0.4, -0.2) is 87.4 Å². The first-order valence-electron chi connectivity index (χ1n) is 17.3. The van der Waals surface area contributed by atoms with Crippen molar-refractivity contribution in [3.05, 3.63) is 65.4 Å². The highest BCUT2D eigenvalue weighted by Crippen LogP contribution is 2.62. The lowest BCUT2D eigenvalue weighted by atomic mass is 9.54. The van der Waals surface area contributed by atoms with Crippen molar-refractivity contribution >= 4 is 10.9 Å². The van der Waals surface area contributed by atoms with Gasteiger partial charge in [-0.3, -0.25) is 9.80 Å². The SMILES string of the molecule is CN1CCc2c([nH]c3c(O)cccc23)[C@H]1C1=C[C@@]2(O)CC/C=C\CCCCN3CC[C@@H]1[C@]1(C[C@@H]4C=CCCCCN4[C@H]12)C3. The fourth-order valence-electron chi connectivity index (χ4n) is 10.5. The Kier molecular flexibility index (Phi) is 7.13. The van der Waals surface area contributed by atoms with E-state index < -0.39 is 5.60 Å². The predicted molar refractivity (Wildman–Crippen MR) is 173 cm³/mol. The van der Waals surface area contributed by atoms with Crippen LogP contribution < -0.4 is 0 Å². The van der Waals surface area contributed by atoms with Crippen molar-refractivity contribution in [1.29, 1.82) is 0 Å². The van der Waals surface area contributed by atoms with E-state index in [-0.39, 0.29) is 17.5 Å². The molecule has 0 saturated carbocycles. The smallest absolute Gasteiger partial charge is 0.139 e. The van der Waals surface area contributed by atoms with E-state index in [0.717, 1.165) is 75.6 Å². The fourth-order valence-corrected chi connectivity index (χ4v) is 10.5. The maximum atomic E-state index is 13.2. The van der Waals surface area contributed by atoms with Gasteiger partial charge >= 0.3 is 0 Å². The third-order valence-electron chi connectivity index (χ3n) is 12.2. The quantitative estimate of drug-likeness (QED) is 0.356. The second kappa shape index (κ2) is 10.9. The van der Waals surface area contributed by atoms with Gasteiger partial charge in [0.2, 0.25) is 0 Å². The van der Waals surface area contributed by atoms with Crippen LogP contribution in [-0.2, 0) is 6.42 Å². The van der Waals surface area contributed by atoms with Crippen LogP contribution in [0.5, 0.6) is 5.75 Å². The summed E-state index contributed by atoms with van der Waals surface area (Å²) < 4.78 is 0. The number of aromatic amines is 1. The minimum Gasteiger partial charge on any atom is -0.506 e. The molecule has 1 unspecified atom stereocenters. The second-order valence-electron chi connectivity index (χ2n) is 14.7. The number of phenolic OH excluding ortho intramolecular Hbond substituents is 1. The summed E-state index contributed by atoms with van der Waals surface area (Å²) in [5, 5.41) is 25.2. The van der Waals surface area contributed by atoms with Crippen LogP contribution in [0.3, 0.4) is 0 Å². The van der Waals surface area contributed by atoms with E-state index in [4.69, 9.17) is 0 Å². The van der Waals surface area contributed by atoms with Crippen LogP contribution in [0.15, 0.2) is 54.2 Å². The molecule has 2 aromatic rings. The molecule has 5 aliphatic heterocycles. The number of aliphatic hydroxyl groups is 1. The van der Waals surface area contributed by atoms with Gasteiger partial charge in [-0.25, -0.2) is 0 Å². The summed E-state index contributed by atoms with van der Waals surface area (Å²) in [6, 6.07) is 6.56. The maximum Gasteiger partial charge on any atom is 0.139 e. The Balaban J connectivity index is 1.32. The molecule has 2 fully saturated rings. The Hall–Kier alpha value is -2.38. The van der Waals surface area contributed by atoms with Gasteiger partial charge in [-0.1, -0.05) is 42.5 Å². The van der Waals surface area contributed by atoms with E-state index in [9.17, 15) is 10.2 Å². The highest BCUT2D eigenvalue weighted by atomic mass is 16.3. The monoisotopic (exact) mass is 582 g/mol. The molecule has 7 atom stereocenters. The molecule has 1 aromatic heterocycles. The van der Waals surface area contributed by atoms with E-state index in [1.807, 2.05) is 6.07 Å². The lowest BCUT2D eigenvalue weighted by molar-refractivity contribution is -0.0999. The van der Waals surface area contributed by atoms with Gasteiger partial charge in [-0.2, -0.15) is 0 Å². The largest absolute Gasteiger partial charge is 0.506 e. The van der Waals surface area contributed by atoms with Crippen molar-refractivity contribution in [2.75, 3.05) is 39.8 Å². The number of hydrogen-bond donors (Lipinski definition) is 3. The molecule has 43 heavy (non-hydrogen) atoms. The zero-order valence-corrected chi connectivity index (χ0v) is 26.0. The third kappa shape index (κ3) is 4.50. The average molecular weight is 583 g/mol. The first kappa shape index (κ1) is 28.1. The lowest BCUT2D eigenvalue weighted by Gasteiger charge is -2.59. The predicted octanol–water partition coefficient (Wildman–Crippen LogP) is 6.09. The molecule has 3 N–H and O–H groups in total. The molecule has 3 bridgehead atoms. The Bertz CT molecular complexity index is 1460. The van der Waals surface area contributed by atoms with Crippen molar-refractivity contribution in [3.63, 3.8) is 0 Å². The van der Waals surface area contributed by atoms with Gasteiger partial charge < -0.3 is 20.1 Å². The summed E-state index contributed by atoms with van der Waals surface area (Å²) in [4.78, 5) is 11.8. The van der Waals surface area contributed by atoms with Crippen molar-refractivity contribution in [1.82, 2.24) is 19.7 Å². The number of benzene rings is 1. The molecule has 0 amide bonds. The topological polar surface area (TPSA) is 66.0 Å². The molecule has 1 aliphatic carbocycles. The van der Waals surface area contributed by atoms with Crippen molar-refractivity contribution < 1.29 is 10.2 Å². The van der Waals surface area contributed by atoms with Crippen LogP contribution in [0, 0.1) is 11.3 Å². The minimum atomic E-state index is -0.887. The van der Waals surface area contributed by atoms with Gasteiger partial charge in [0, 0.05) is 35.6 Å². The summed E-state index contributed by atoms with van der Waals surface area (Å²) in [6.07, 6.45) is 24.3. The van der Waals surface area contributed by atoms with Crippen LogP contribution >= 0.6 is 0 Å². The number of allylic oxidation sites excluding steroid dienone is 3. The fraction of sp³-hybridized carbons (Fsp3) is 0.622. The zero-order chi connectivity index (χ0) is 29.2. The Morgan fingerprint density at radius 2 is 1.79 bits per heavy atom. The molecule has 1 aromatic carbocycles. The molecule has 2 saturated heterocycles. The Morgan fingerprint density at radius 3 is 2.70 bits per heavy atom. The van der Waals surface area contributed by atoms with Crippen LogP contribution in [0.2, 0.25) is 0 Å². The van der Waals surface area contributed by atoms with E-state index >= 15 is 0 Å². The molecule has 6 heterocycles. The second-order valence-corrected chi connectivity index (χ2v) is 14.7. The van der Waals surface area contributed by atoms with Crippen molar-refractivity contribution in [2.24, 2.45) is 11.3 Å². The number of para-hydroxylation sites is 1. The number of likely N-dealkylation sites (N-methyl/N-ethyl adjacent to an activating group) is 1. The molecular formula is C37H50N4O2. The van der Waals surface area contributed by atoms with Crippen molar-refractivity contribution in [2.45, 2.75) is 94.4 Å². The number of H-pyrrole nitrogens is 1. The summed E-state index contributed by atoms with van der Waals surface area (Å²) in [7, 11) is 2.27. The number of phenols is 1. The van der Waals surface area contributed by atoms with Gasteiger partial charge in [0.05, 0.1) is 23.2 Å². The van der Waals surface area contributed by atoms with Gasteiger partial charge in [0.1, 0.15) is 5.75 Å². The van der Waals surface area contributed by atoms with E-state index in [2.05, 4.69) is 63.2 Å². The van der Waals surface area contributed by atoms with Crippen molar-refractivity contribution in [3.8, 4) is 5.75 Å². The molecule has 1 spiro atoms. The summed E-state index contributed by atoms with van der Waals surface area (Å²) in [6.45, 7) is 5.46. The van der Waals surface area contributed by atoms with E-state index in [1.54, 1.807) is 6.07 Å². The van der Waals surface area contributed by atoms with E-state index in [1.165, 1.54) is 55.5 Å². The van der Waals surface area contributed by atoms with Gasteiger partial charge in [0.25, 0.3) is 0 Å². The molecule has 0 radical (unpaired) electrons. The van der Waals surface area contributed by atoms with Crippen LogP contribution in [0.1, 0.15) is 81.5 Å². The summed E-state index contributed by atoms with van der Waals surface area (Å²) in [5.74, 6) is 0.755. The zero-order valence-electron chi connectivity index (χ0n) is 26.0. The maximum absolute atomic E-state index is 13.2. The number of hydrogen-bond acceptors (Lipinski definition) is 5. The molecule has 6 aliphatic rings. The molecular weight excluding hydrogens is 532 g/mol. The number of piperidine rings is 1. The Morgan fingerprint density at radius 1 is 0.953 bits per heavy atom. The number of nitrogens with zero attached hydrogens (tertiary/aromatic N) is 3. The highest BCUT2D eigenvalue weighted by Gasteiger charge is 2.66. The van der Waals surface area contributed by atoms with E-state index in [0.29, 0.717) is 17.7 Å². The molecule has 6 nitrogen and oxygen atoms in total. The van der Waals surface area contributed by atoms with Crippen LogP contribution in [0.4, 0.5) is 0 Å². The number of rotatable bonds is 1. The Labute approximate surface area is 257 Å².